The van der Waals surface area contributed by atoms with Crippen LogP contribution in [-0.4, -0.2) is 10.1 Å². The second-order valence-corrected chi connectivity index (χ2v) is 9.18. The third-order valence-corrected chi connectivity index (χ3v) is 7.03. The van der Waals surface area contributed by atoms with Gasteiger partial charge in [-0.05, 0) is 101 Å². The Morgan fingerprint density at radius 3 is 1.85 bits per heavy atom. The standard InChI is InChI=1S/C25H32N2/c1-12-11-25(8,9)26-22-17(6)16(5)21-20-15(4)13(2)14(3)18(7)23(20)27(10)24(21)19(12)22/h11,26H,1-10H3. The summed E-state index contributed by atoms with van der Waals surface area (Å²) in [6.45, 7) is 20.4. The maximum Gasteiger partial charge on any atom is 0.0588 e. The monoisotopic (exact) mass is 360 g/mol. The largest absolute Gasteiger partial charge is 0.376 e. The lowest BCUT2D eigenvalue weighted by molar-refractivity contribution is 0.706. The van der Waals surface area contributed by atoms with Crippen molar-refractivity contribution in [2.75, 3.05) is 5.32 Å². The highest BCUT2D eigenvalue weighted by molar-refractivity contribution is 6.17. The van der Waals surface area contributed by atoms with Crippen LogP contribution in [0.25, 0.3) is 27.4 Å². The van der Waals surface area contributed by atoms with Gasteiger partial charge in [0.25, 0.3) is 0 Å². The van der Waals surface area contributed by atoms with Gasteiger partial charge in [-0.2, -0.15) is 0 Å². The van der Waals surface area contributed by atoms with Crippen molar-refractivity contribution in [2.45, 2.75) is 67.9 Å². The zero-order valence-corrected chi connectivity index (χ0v) is 18.5. The van der Waals surface area contributed by atoms with Crippen LogP contribution in [0.15, 0.2) is 6.08 Å². The number of hydrogen-bond donors (Lipinski definition) is 1. The minimum absolute atomic E-state index is 0.0223. The van der Waals surface area contributed by atoms with Gasteiger partial charge in [-0.1, -0.05) is 6.08 Å². The highest BCUT2D eigenvalue weighted by Crippen LogP contribution is 2.47. The van der Waals surface area contributed by atoms with E-state index in [1.807, 2.05) is 0 Å². The zero-order chi connectivity index (χ0) is 20.0. The summed E-state index contributed by atoms with van der Waals surface area (Å²) in [6, 6.07) is 0. The fourth-order valence-electron chi connectivity index (χ4n) is 5.27. The van der Waals surface area contributed by atoms with Crippen LogP contribution in [0.4, 0.5) is 5.69 Å². The molecule has 0 saturated carbocycles. The maximum atomic E-state index is 3.80. The van der Waals surface area contributed by atoms with Crippen LogP contribution in [0.2, 0.25) is 0 Å². The van der Waals surface area contributed by atoms with Crippen LogP contribution >= 0.6 is 0 Å². The van der Waals surface area contributed by atoms with Crippen molar-refractivity contribution >= 4 is 33.1 Å². The number of nitrogens with one attached hydrogen (secondary N) is 1. The first-order valence-electron chi connectivity index (χ1n) is 9.97. The SMILES string of the molecule is CC1=CC(C)(C)Nc2c(C)c(C)c3c4c(C)c(C)c(C)c(C)c4n(C)c3c21. The molecule has 0 atom stereocenters. The van der Waals surface area contributed by atoms with Gasteiger partial charge in [0, 0.05) is 29.1 Å². The van der Waals surface area contributed by atoms with Gasteiger partial charge in [-0.25, -0.2) is 0 Å². The van der Waals surface area contributed by atoms with Crippen molar-refractivity contribution in [1.82, 2.24) is 4.57 Å². The Bertz CT molecular complexity index is 1180. The molecule has 1 aliphatic heterocycles. The van der Waals surface area contributed by atoms with Gasteiger partial charge in [-0.3, -0.25) is 0 Å². The summed E-state index contributed by atoms with van der Waals surface area (Å²) in [6.07, 6.45) is 2.37. The Hall–Kier alpha value is -2.22. The van der Waals surface area contributed by atoms with E-state index in [0.29, 0.717) is 0 Å². The third-order valence-electron chi connectivity index (χ3n) is 7.03. The molecule has 0 unspecified atom stereocenters. The molecule has 0 radical (unpaired) electrons. The van der Waals surface area contributed by atoms with E-state index in [1.54, 1.807) is 0 Å². The molecule has 2 nitrogen and oxygen atoms in total. The molecule has 27 heavy (non-hydrogen) atoms. The van der Waals surface area contributed by atoms with Crippen LogP contribution in [0.5, 0.6) is 0 Å². The van der Waals surface area contributed by atoms with Crippen molar-refractivity contribution in [3.8, 4) is 0 Å². The van der Waals surface area contributed by atoms with Crippen molar-refractivity contribution in [1.29, 1.82) is 0 Å². The molecule has 0 saturated heterocycles. The summed E-state index contributed by atoms with van der Waals surface area (Å²) >= 11 is 0. The average molecular weight is 361 g/mol. The van der Waals surface area contributed by atoms with Gasteiger partial charge in [0.15, 0.2) is 0 Å². The van der Waals surface area contributed by atoms with Crippen molar-refractivity contribution in [3.05, 3.63) is 45.0 Å². The van der Waals surface area contributed by atoms with E-state index < -0.39 is 0 Å². The summed E-state index contributed by atoms with van der Waals surface area (Å²) in [7, 11) is 2.24. The van der Waals surface area contributed by atoms with E-state index in [4.69, 9.17) is 0 Å². The zero-order valence-electron chi connectivity index (χ0n) is 18.5. The summed E-state index contributed by atoms with van der Waals surface area (Å²) in [5.41, 5.74) is 15.2. The highest BCUT2D eigenvalue weighted by Gasteiger charge is 2.30. The molecule has 0 bridgehead atoms. The lowest BCUT2D eigenvalue weighted by Gasteiger charge is -2.34. The molecule has 2 heteroatoms. The minimum Gasteiger partial charge on any atom is -0.376 e. The van der Waals surface area contributed by atoms with Gasteiger partial charge in [-0.15, -0.1) is 0 Å². The third kappa shape index (κ3) is 2.19. The number of nitrogens with zero attached hydrogens (tertiary/aromatic N) is 1. The number of fused-ring (bicyclic) bond motifs is 5. The number of aromatic nitrogens is 1. The lowest BCUT2D eigenvalue weighted by atomic mass is 9.85. The second-order valence-electron chi connectivity index (χ2n) is 9.18. The summed E-state index contributed by atoms with van der Waals surface area (Å²) < 4.78 is 2.45. The van der Waals surface area contributed by atoms with Gasteiger partial charge in [0.05, 0.1) is 16.6 Å². The van der Waals surface area contributed by atoms with E-state index in [-0.39, 0.29) is 5.54 Å². The molecule has 0 aliphatic carbocycles. The molecule has 4 rings (SSSR count). The first-order chi connectivity index (χ1) is 12.5. The molecule has 2 heterocycles. The number of benzene rings is 2. The Balaban J connectivity index is 2.36. The van der Waals surface area contributed by atoms with Crippen LogP contribution in [-0.2, 0) is 7.05 Å². The van der Waals surface area contributed by atoms with Gasteiger partial charge in [0.1, 0.15) is 0 Å². The summed E-state index contributed by atoms with van der Waals surface area (Å²) in [5.74, 6) is 0. The number of anilines is 1. The molecule has 0 amide bonds. The number of rotatable bonds is 0. The fourth-order valence-corrected chi connectivity index (χ4v) is 5.27. The van der Waals surface area contributed by atoms with Gasteiger partial charge >= 0.3 is 0 Å². The van der Waals surface area contributed by atoms with E-state index in [9.17, 15) is 0 Å². The molecule has 1 aromatic heterocycles. The van der Waals surface area contributed by atoms with E-state index >= 15 is 0 Å². The quantitative estimate of drug-likeness (QED) is 0.467. The normalized spacial score (nSPS) is 15.9. The van der Waals surface area contributed by atoms with Crippen LogP contribution in [0, 0.1) is 41.5 Å². The molecule has 0 fully saturated rings. The Kier molecular flexibility index (Phi) is 3.64. The topological polar surface area (TPSA) is 17.0 Å². The van der Waals surface area contributed by atoms with E-state index in [2.05, 4.69) is 85.3 Å². The minimum atomic E-state index is -0.0223. The second kappa shape index (κ2) is 5.41. The Morgan fingerprint density at radius 2 is 1.22 bits per heavy atom. The average Bonchev–Trinajstić information content (AvgIpc) is 2.88. The molecule has 3 aromatic rings. The predicted octanol–water partition coefficient (Wildman–Crippen LogP) is 6.79. The molecular formula is C25H32N2. The first-order valence-corrected chi connectivity index (χ1v) is 9.97. The number of aryl methyl sites for hydroxylation is 4. The molecule has 0 spiro atoms. The van der Waals surface area contributed by atoms with Gasteiger partial charge < -0.3 is 9.88 Å². The van der Waals surface area contributed by atoms with Crippen molar-refractivity contribution in [3.63, 3.8) is 0 Å². The molecule has 1 aliphatic rings. The molecule has 1 N–H and O–H groups in total. The van der Waals surface area contributed by atoms with E-state index in [1.165, 1.54) is 72.0 Å². The molecule has 2 aromatic carbocycles. The van der Waals surface area contributed by atoms with Crippen molar-refractivity contribution in [2.24, 2.45) is 7.05 Å². The van der Waals surface area contributed by atoms with Crippen molar-refractivity contribution < 1.29 is 0 Å². The fraction of sp³-hybridized carbons (Fsp3) is 0.440. The van der Waals surface area contributed by atoms with Crippen LogP contribution in [0.3, 0.4) is 0 Å². The summed E-state index contributed by atoms with van der Waals surface area (Å²) in [5, 5.41) is 6.67. The number of allylic oxidation sites excluding steroid dienone is 1. The van der Waals surface area contributed by atoms with Gasteiger partial charge in [0.2, 0.25) is 0 Å². The summed E-state index contributed by atoms with van der Waals surface area (Å²) in [4.78, 5) is 0. The lowest BCUT2D eigenvalue weighted by Crippen LogP contribution is -2.32. The first kappa shape index (κ1) is 18.2. The molecule has 142 valence electrons. The Labute approximate surface area is 163 Å². The Morgan fingerprint density at radius 1 is 0.704 bits per heavy atom. The van der Waals surface area contributed by atoms with Crippen LogP contribution < -0.4 is 5.32 Å². The predicted molar refractivity (Wildman–Crippen MR) is 120 cm³/mol. The maximum absolute atomic E-state index is 3.80. The smallest absolute Gasteiger partial charge is 0.0588 e. The van der Waals surface area contributed by atoms with Crippen LogP contribution in [0.1, 0.15) is 59.7 Å². The highest BCUT2D eigenvalue weighted by atomic mass is 15.0. The number of hydrogen-bond acceptors (Lipinski definition) is 1. The molecular weight excluding hydrogens is 328 g/mol. The van der Waals surface area contributed by atoms with E-state index in [0.717, 1.165) is 0 Å².